The van der Waals surface area contributed by atoms with Gasteiger partial charge in [0.25, 0.3) is 0 Å². The topological polar surface area (TPSA) is 95.3 Å². The van der Waals surface area contributed by atoms with Gasteiger partial charge >= 0.3 is 0 Å². The maximum atomic E-state index is 13.4. The Hall–Kier alpha value is -2.61. The second kappa shape index (κ2) is 10.3. The van der Waals surface area contributed by atoms with Gasteiger partial charge in [-0.25, -0.2) is 9.97 Å². The highest BCUT2D eigenvalue weighted by molar-refractivity contribution is 7.14. The predicted octanol–water partition coefficient (Wildman–Crippen LogP) is 3.78. The summed E-state index contributed by atoms with van der Waals surface area (Å²) < 4.78 is 0. The molecule has 1 aliphatic rings. The third kappa shape index (κ3) is 5.06. The number of aliphatic hydroxyl groups excluding tert-OH is 2. The monoisotopic (exact) mass is 451 g/mol. The zero-order valence-electron chi connectivity index (χ0n) is 18.3. The number of aromatic nitrogens is 2. The Labute approximate surface area is 192 Å². The lowest BCUT2D eigenvalue weighted by Crippen LogP contribution is -2.19. The molecule has 2 aromatic heterocycles. The van der Waals surface area contributed by atoms with Crippen LogP contribution in [0.1, 0.15) is 56.1 Å². The van der Waals surface area contributed by atoms with Crippen molar-refractivity contribution in [2.24, 2.45) is 5.92 Å². The zero-order chi connectivity index (χ0) is 22.5. The first kappa shape index (κ1) is 22.6. The van der Waals surface area contributed by atoms with E-state index < -0.39 is 0 Å². The molecule has 1 saturated carbocycles. The average molecular weight is 452 g/mol. The molecular weight excluding hydrogens is 422 g/mol. The van der Waals surface area contributed by atoms with Crippen LogP contribution >= 0.6 is 11.3 Å². The van der Waals surface area contributed by atoms with E-state index in [1.165, 1.54) is 23.2 Å². The van der Waals surface area contributed by atoms with Crippen LogP contribution < -0.4 is 5.32 Å². The van der Waals surface area contributed by atoms with Gasteiger partial charge < -0.3 is 15.5 Å². The summed E-state index contributed by atoms with van der Waals surface area (Å²) in [5.41, 5.74) is 3.91. The van der Waals surface area contributed by atoms with Gasteiger partial charge in [-0.15, -0.1) is 11.3 Å². The quantitative estimate of drug-likeness (QED) is 0.429. The normalized spacial score (nSPS) is 18.1. The minimum atomic E-state index is -0.0761. The van der Waals surface area contributed by atoms with Gasteiger partial charge in [-0.2, -0.15) is 0 Å². The minimum absolute atomic E-state index is 0.0761. The molecule has 4 rings (SSSR count). The van der Waals surface area contributed by atoms with Crippen LogP contribution in [-0.4, -0.2) is 45.2 Å². The molecule has 6 nitrogen and oxygen atoms in total. The zero-order valence-corrected chi connectivity index (χ0v) is 19.1. The summed E-state index contributed by atoms with van der Waals surface area (Å²) in [6.07, 6.45) is 7.21. The number of aliphatic hydroxyl groups is 2. The van der Waals surface area contributed by atoms with E-state index in [-0.39, 0.29) is 25.0 Å². The molecule has 2 unspecified atom stereocenters. The van der Waals surface area contributed by atoms with Crippen LogP contribution in [0.3, 0.4) is 0 Å². The maximum Gasteiger partial charge on any atom is 0.208 e. The number of ketones is 1. The number of aryl methyl sites for hydroxylation is 1. The molecule has 7 heteroatoms. The second-order valence-corrected chi connectivity index (χ2v) is 9.68. The number of hydrogen-bond acceptors (Lipinski definition) is 7. The van der Waals surface area contributed by atoms with E-state index in [2.05, 4.69) is 21.4 Å². The first-order valence-corrected chi connectivity index (χ1v) is 11.9. The molecule has 168 valence electrons. The Morgan fingerprint density at radius 2 is 2.00 bits per heavy atom. The van der Waals surface area contributed by atoms with E-state index in [4.69, 9.17) is 0 Å². The molecule has 0 amide bonds. The molecule has 0 aliphatic heterocycles. The fourth-order valence-electron chi connectivity index (χ4n) is 4.42. The van der Waals surface area contributed by atoms with Crippen LogP contribution in [0.25, 0.3) is 0 Å². The Morgan fingerprint density at radius 3 is 2.75 bits per heavy atom. The molecule has 2 atom stereocenters. The summed E-state index contributed by atoms with van der Waals surface area (Å²) >= 11 is 1.50. The number of rotatable bonds is 9. The van der Waals surface area contributed by atoms with Crippen LogP contribution in [0.4, 0.5) is 5.82 Å². The van der Waals surface area contributed by atoms with Crippen molar-refractivity contribution in [3.63, 3.8) is 0 Å². The molecule has 1 aliphatic carbocycles. The largest absolute Gasteiger partial charge is 0.396 e. The molecule has 3 N–H and O–H groups in total. The first-order valence-electron chi connectivity index (χ1n) is 11.1. The average Bonchev–Trinajstić information content (AvgIpc) is 3.41. The molecular formula is C25H29N3O3S. The Balaban J connectivity index is 1.54. The Morgan fingerprint density at radius 1 is 1.19 bits per heavy atom. The van der Waals surface area contributed by atoms with Crippen molar-refractivity contribution in [1.29, 1.82) is 0 Å². The molecule has 0 bridgehead atoms. The Bertz CT molecular complexity index is 1080. The van der Waals surface area contributed by atoms with Crippen molar-refractivity contribution in [2.45, 2.75) is 45.1 Å². The van der Waals surface area contributed by atoms with Crippen molar-refractivity contribution in [1.82, 2.24) is 9.97 Å². The predicted molar refractivity (Wildman–Crippen MR) is 126 cm³/mol. The second-order valence-electron chi connectivity index (χ2n) is 8.43. The van der Waals surface area contributed by atoms with Gasteiger partial charge in [0.1, 0.15) is 12.1 Å². The van der Waals surface area contributed by atoms with Crippen LogP contribution in [0.2, 0.25) is 0 Å². The van der Waals surface area contributed by atoms with Gasteiger partial charge in [0.15, 0.2) is 0 Å². The lowest BCUT2D eigenvalue weighted by molar-refractivity contribution is 0.104. The van der Waals surface area contributed by atoms with Crippen LogP contribution in [0.15, 0.2) is 42.9 Å². The van der Waals surface area contributed by atoms with Crippen molar-refractivity contribution in [2.75, 3.05) is 18.5 Å². The molecule has 0 radical (unpaired) electrons. The highest BCUT2D eigenvalue weighted by Gasteiger charge is 2.26. The fraction of sp³-hybridized carbons (Fsp3) is 0.400. The molecule has 1 fully saturated rings. The molecule has 3 aromatic rings. The fourth-order valence-corrected chi connectivity index (χ4v) is 5.41. The number of carbonyl (C=O) groups is 1. The third-order valence-corrected chi connectivity index (χ3v) is 7.31. The lowest BCUT2D eigenvalue weighted by atomic mass is 9.98. The van der Waals surface area contributed by atoms with Crippen LogP contribution in [0.5, 0.6) is 0 Å². The summed E-state index contributed by atoms with van der Waals surface area (Å²) in [6.45, 7) is 2.36. The number of hydrogen-bond donors (Lipinski definition) is 3. The van der Waals surface area contributed by atoms with E-state index in [1.54, 1.807) is 6.20 Å². The summed E-state index contributed by atoms with van der Waals surface area (Å²) in [4.78, 5) is 23.6. The molecule has 0 spiro atoms. The van der Waals surface area contributed by atoms with Gasteiger partial charge in [0, 0.05) is 30.3 Å². The highest BCUT2D eigenvalue weighted by atomic mass is 32.1. The summed E-state index contributed by atoms with van der Waals surface area (Å²) in [6, 6.07) is 10.3. The third-order valence-electron chi connectivity index (χ3n) is 6.22. The van der Waals surface area contributed by atoms with Crippen molar-refractivity contribution >= 4 is 22.9 Å². The summed E-state index contributed by atoms with van der Waals surface area (Å²) in [7, 11) is 0. The van der Waals surface area contributed by atoms with E-state index in [0.29, 0.717) is 28.6 Å². The van der Waals surface area contributed by atoms with Crippen molar-refractivity contribution in [3.05, 3.63) is 74.9 Å². The van der Waals surface area contributed by atoms with Crippen LogP contribution in [-0.2, 0) is 12.8 Å². The number of benzene rings is 1. The van der Waals surface area contributed by atoms with Gasteiger partial charge in [0.05, 0.1) is 10.4 Å². The van der Waals surface area contributed by atoms with Crippen molar-refractivity contribution in [3.8, 4) is 0 Å². The van der Waals surface area contributed by atoms with Crippen molar-refractivity contribution < 1.29 is 15.0 Å². The Kier molecular flexibility index (Phi) is 7.29. The minimum Gasteiger partial charge on any atom is -0.396 e. The lowest BCUT2D eigenvalue weighted by Gasteiger charge is -2.15. The number of nitrogens with zero attached hydrogens (tertiary/aromatic N) is 2. The van der Waals surface area contributed by atoms with Gasteiger partial charge in [-0.05, 0) is 67.7 Å². The van der Waals surface area contributed by atoms with Gasteiger partial charge in [0.2, 0.25) is 5.78 Å². The summed E-state index contributed by atoms with van der Waals surface area (Å²) in [5, 5.41) is 22.2. The van der Waals surface area contributed by atoms with E-state index in [9.17, 15) is 15.0 Å². The van der Waals surface area contributed by atoms with E-state index >= 15 is 0 Å². The number of nitrogens with one attached hydrogen (secondary N) is 1. The number of thiophene rings is 1. The highest BCUT2D eigenvalue weighted by Crippen LogP contribution is 2.31. The SMILES string of the molecule is Cc1sc(C(=O)c2cncnc2NC2CCC(CO)C2)cc1Cc1ccccc1CCO. The summed E-state index contributed by atoms with van der Waals surface area (Å²) in [5.74, 6) is 0.798. The van der Waals surface area contributed by atoms with E-state index in [0.717, 1.165) is 41.7 Å². The first-order chi connectivity index (χ1) is 15.6. The van der Waals surface area contributed by atoms with E-state index in [1.807, 2.05) is 31.2 Å². The number of carbonyl (C=O) groups excluding carboxylic acids is 1. The smallest absolute Gasteiger partial charge is 0.208 e. The van der Waals surface area contributed by atoms with Crippen LogP contribution in [0, 0.1) is 12.8 Å². The maximum absolute atomic E-state index is 13.4. The molecule has 0 saturated heterocycles. The molecule has 32 heavy (non-hydrogen) atoms. The van der Waals surface area contributed by atoms with Gasteiger partial charge in [-0.1, -0.05) is 24.3 Å². The molecule has 1 aromatic carbocycles. The number of anilines is 1. The standard InChI is InChI=1S/C25H29N3O3S/c1-16-20(11-19-5-3-2-4-18(19)8-9-29)12-23(32-16)24(31)22-13-26-15-27-25(22)28-21-7-6-17(10-21)14-30/h2-5,12-13,15,17,21,29-30H,6-11,14H2,1H3,(H,26,27,28). The van der Waals surface area contributed by atoms with Gasteiger partial charge in [-0.3, -0.25) is 4.79 Å². The molecule has 2 heterocycles.